The molecule has 0 aliphatic carbocycles. The number of hydrogen-bond acceptors (Lipinski definition) is 4. The first-order valence-corrected chi connectivity index (χ1v) is 6.07. The fourth-order valence-corrected chi connectivity index (χ4v) is 2.11. The normalized spacial score (nSPS) is 15.7. The topological polar surface area (TPSA) is 94.1 Å². The molecule has 2 heterocycles. The first kappa shape index (κ1) is 12.5. The monoisotopic (exact) mass is 251 g/mol. The lowest BCUT2D eigenvalue weighted by atomic mass is 10.1. The van der Waals surface area contributed by atoms with Crippen LogP contribution in [-0.2, 0) is 11.3 Å². The van der Waals surface area contributed by atoms with Crippen molar-refractivity contribution in [3.63, 3.8) is 0 Å². The molecule has 0 saturated carbocycles. The molecule has 18 heavy (non-hydrogen) atoms. The molecule has 1 aromatic rings. The van der Waals surface area contributed by atoms with Gasteiger partial charge in [0.15, 0.2) is 5.69 Å². The van der Waals surface area contributed by atoms with Crippen LogP contribution >= 0.6 is 0 Å². The lowest BCUT2D eigenvalue weighted by Gasteiger charge is -2.26. The van der Waals surface area contributed by atoms with Gasteiger partial charge < -0.3 is 10.6 Å². The summed E-state index contributed by atoms with van der Waals surface area (Å²) in [5.74, 6) is -0.608. The maximum Gasteiger partial charge on any atom is 0.271 e. The summed E-state index contributed by atoms with van der Waals surface area (Å²) < 4.78 is 1.43. The standard InChI is InChI=1S/C11H17N5O2/c1-8-10(11(12)18)13-14-16(8)7-9(17)15-5-3-2-4-6-15/h2-7H2,1H3,(H2,12,18). The number of amides is 2. The van der Waals surface area contributed by atoms with E-state index >= 15 is 0 Å². The maximum absolute atomic E-state index is 12.0. The Hall–Kier alpha value is -1.92. The van der Waals surface area contributed by atoms with Gasteiger partial charge >= 0.3 is 0 Å². The summed E-state index contributed by atoms with van der Waals surface area (Å²) in [5, 5.41) is 7.47. The van der Waals surface area contributed by atoms with Gasteiger partial charge in [-0.1, -0.05) is 5.21 Å². The molecule has 0 radical (unpaired) electrons. The van der Waals surface area contributed by atoms with Crippen LogP contribution in [0, 0.1) is 6.92 Å². The van der Waals surface area contributed by atoms with Crippen LogP contribution in [0.4, 0.5) is 0 Å². The molecular weight excluding hydrogens is 234 g/mol. The van der Waals surface area contributed by atoms with Crippen molar-refractivity contribution in [3.8, 4) is 0 Å². The van der Waals surface area contributed by atoms with Gasteiger partial charge in [0.05, 0.1) is 5.69 Å². The molecule has 0 atom stereocenters. The Balaban J connectivity index is 2.04. The molecule has 1 fully saturated rings. The SMILES string of the molecule is Cc1c(C(N)=O)nnn1CC(=O)N1CCCCC1. The lowest BCUT2D eigenvalue weighted by Crippen LogP contribution is -2.38. The number of carbonyl (C=O) groups is 2. The molecule has 0 spiro atoms. The van der Waals surface area contributed by atoms with E-state index in [1.807, 2.05) is 4.90 Å². The van der Waals surface area contributed by atoms with Crippen LogP contribution in [0.15, 0.2) is 0 Å². The summed E-state index contributed by atoms with van der Waals surface area (Å²) >= 11 is 0. The van der Waals surface area contributed by atoms with Gasteiger partial charge in [-0.15, -0.1) is 5.10 Å². The van der Waals surface area contributed by atoms with Crippen LogP contribution in [0.2, 0.25) is 0 Å². The van der Waals surface area contributed by atoms with Gasteiger partial charge in [0.25, 0.3) is 5.91 Å². The number of likely N-dealkylation sites (tertiary alicyclic amines) is 1. The van der Waals surface area contributed by atoms with Crippen LogP contribution < -0.4 is 5.73 Å². The number of nitrogens with zero attached hydrogens (tertiary/aromatic N) is 4. The predicted molar refractivity (Wildman–Crippen MR) is 63.7 cm³/mol. The van der Waals surface area contributed by atoms with Crippen molar-refractivity contribution < 1.29 is 9.59 Å². The highest BCUT2D eigenvalue weighted by molar-refractivity contribution is 5.91. The van der Waals surface area contributed by atoms with Gasteiger partial charge in [0.1, 0.15) is 6.54 Å². The maximum atomic E-state index is 12.0. The van der Waals surface area contributed by atoms with Crippen molar-refractivity contribution in [2.45, 2.75) is 32.7 Å². The fourth-order valence-electron chi connectivity index (χ4n) is 2.11. The summed E-state index contributed by atoms with van der Waals surface area (Å²) in [6, 6.07) is 0. The lowest BCUT2D eigenvalue weighted by molar-refractivity contribution is -0.133. The molecule has 2 N–H and O–H groups in total. The van der Waals surface area contributed by atoms with E-state index < -0.39 is 5.91 Å². The summed E-state index contributed by atoms with van der Waals surface area (Å²) in [6.45, 7) is 3.40. The molecule has 0 aromatic carbocycles. The Labute approximate surface area is 105 Å². The Kier molecular flexibility index (Phi) is 3.59. The van der Waals surface area contributed by atoms with E-state index in [1.165, 1.54) is 11.1 Å². The van der Waals surface area contributed by atoms with Crippen LogP contribution in [-0.4, -0.2) is 44.8 Å². The second-order valence-electron chi connectivity index (χ2n) is 4.49. The number of primary amides is 1. The zero-order chi connectivity index (χ0) is 13.1. The number of nitrogens with two attached hydrogens (primary N) is 1. The van der Waals surface area contributed by atoms with E-state index in [2.05, 4.69) is 10.3 Å². The molecule has 98 valence electrons. The van der Waals surface area contributed by atoms with Gasteiger partial charge in [-0.05, 0) is 26.2 Å². The van der Waals surface area contributed by atoms with Crippen molar-refractivity contribution in [2.24, 2.45) is 5.73 Å². The van der Waals surface area contributed by atoms with E-state index in [0.717, 1.165) is 25.9 Å². The van der Waals surface area contributed by atoms with Crippen LogP contribution in [0.5, 0.6) is 0 Å². The van der Waals surface area contributed by atoms with Crippen molar-refractivity contribution >= 4 is 11.8 Å². The molecule has 1 aliphatic heterocycles. The minimum atomic E-state index is -0.621. The van der Waals surface area contributed by atoms with Gasteiger partial charge in [0.2, 0.25) is 5.91 Å². The van der Waals surface area contributed by atoms with Crippen LogP contribution in [0.25, 0.3) is 0 Å². The molecule has 0 bridgehead atoms. The molecule has 7 nitrogen and oxygen atoms in total. The molecular formula is C11H17N5O2. The van der Waals surface area contributed by atoms with E-state index in [0.29, 0.717) is 5.69 Å². The largest absolute Gasteiger partial charge is 0.364 e. The molecule has 2 amide bonds. The molecule has 7 heteroatoms. The third-order valence-electron chi connectivity index (χ3n) is 3.21. The highest BCUT2D eigenvalue weighted by Gasteiger charge is 2.20. The summed E-state index contributed by atoms with van der Waals surface area (Å²) in [4.78, 5) is 24.9. The van der Waals surface area contributed by atoms with Crippen molar-refractivity contribution in [1.82, 2.24) is 19.9 Å². The Bertz CT molecular complexity index is 462. The van der Waals surface area contributed by atoms with Gasteiger partial charge in [-0.2, -0.15) is 0 Å². The molecule has 1 saturated heterocycles. The molecule has 0 unspecified atom stereocenters. The van der Waals surface area contributed by atoms with Gasteiger partial charge in [0, 0.05) is 13.1 Å². The van der Waals surface area contributed by atoms with E-state index in [1.54, 1.807) is 6.92 Å². The average molecular weight is 251 g/mol. The highest BCUT2D eigenvalue weighted by atomic mass is 16.2. The quantitative estimate of drug-likeness (QED) is 0.797. The predicted octanol–water partition coefficient (Wildman–Crippen LogP) is -0.302. The number of rotatable bonds is 3. The smallest absolute Gasteiger partial charge is 0.271 e. The van der Waals surface area contributed by atoms with Gasteiger partial charge in [-0.3, -0.25) is 9.59 Å². The summed E-state index contributed by atoms with van der Waals surface area (Å²) in [5.41, 5.74) is 5.81. The third-order valence-corrected chi connectivity index (χ3v) is 3.21. The van der Waals surface area contributed by atoms with Crippen LogP contribution in [0.1, 0.15) is 35.4 Å². The second-order valence-corrected chi connectivity index (χ2v) is 4.49. The Morgan fingerprint density at radius 2 is 1.94 bits per heavy atom. The van der Waals surface area contributed by atoms with E-state index in [4.69, 9.17) is 5.73 Å². The molecule has 2 rings (SSSR count). The molecule has 1 aliphatic rings. The van der Waals surface area contributed by atoms with E-state index in [9.17, 15) is 9.59 Å². The zero-order valence-electron chi connectivity index (χ0n) is 10.4. The van der Waals surface area contributed by atoms with Crippen molar-refractivity contribution in [1.29, 1.82) is 0 Å². The Morgan fingerprint density at radius 3 is 2.50 bits per heavy atom. The van der Waals surface area contributed by atoms with Crippen molar-refractivity contribution in [2.75, 3.05) is 13.1 Å². The van der Waals surface area contributed by atoms with Gasteiger partial charge in [-0.25, -0.2) is 4.68 Å². The van der Waals surface area contributed by atoms with E-state index in [-0.39, 0.29) is 18.1 Å². The Morgan fingerprint density at radius 1 is 1.28 bits per heavy atom. The minimum absolute atomic E-state index is 0.0127. The third kappa shape index (κ3) is 2.49. The first-order chi connectivity index (χ1) is 8.59. The van der Waals surface area contributed by atoms with Crippen LogP contribution in [0.3, 0.4) is 0 Å². The first-order valence-electron chi connectivity index (χ1n) is 6.07. The fraction of sp³-hybridized carbons (Fsp3) is 0.636. The summed E-state index contributed by atoms with van der Waals surface area (Å²) in [6.07, 6.45) is 3.28. The van der Waals surface area contributed by atoms with Crippen molar-refractivity contribution in [3.05, 3.63) is 11.4 Å². The highest BCUT2D eigenvalue weighted by Crippen LogP contribution is 2.10. The molecule has 1 aromatic heterocycles. The minimum Gasteiger partial charge on any atom is -0.364 e. The number of piperidine rings is 1. The summed E-state index contributed by atoms with van der Waals surface area (Å²) in [7, 11) is 0. The zero-order valence-corrected chi connectivity index (χ0v) is 10.4. The second kappa shape index (κ2) is 5.16. The number of hydrogen-bond donors (Lipinski definition) is 1. The number of aromatic nitrogens is 3. The average Bonchev–Trinajstić information content (AvgIpc) is 2.72. The number of carbonyl (C=O) groups excluding carboxylic acids is 2.